The van der Waals surface area contributed by atoms with E-state index in [9.17, 15) is 4.39 Å². The van der Waals surface area contributed by atoms with Crippen molar-refractivity contribution < 1.29 is 4.39 Å². The predicted octanol–water partition coefficient (Wildman–Crippen LogP) is 5.70. The first-order valence-corrected chi connectivity index (χ1v) is 6.82. The maximum atomic E-state index is 13.4. The zero-order valence-electron chi connectivity index (χ0n) is 10.5. The molecule has 0 spiro atoms. The van der Waals surface area contributed by atoms with Crippen LogP contribution >= 0.6 is 23.2 Å². The largest absolute Gasteiger partial charge is 0.378 e. The van der Waals surface area contributed by atoms with E-state index in [0.29, 0.717) is 10.7 Å². The molecule has 2 rings (SSSR count). The maximum absolute atomic E-state index is 13.4. The van der Waals surface area contributed by atoms with Gasteiger partial charge in [0.1, 0.15) is 5.82 Å². The molecule has 2 aromatic rings. The molecule has 0 aromatic heterocycles. The molecule has 0 bridgehead atoms. The summed E-state index contributed by atoms with van der Waals surface area (Å²) in [6.07, 6.45) is 0.881. The number of rotatable bonds is 4. The third-order valence-electron chi connectivity index (χ3n) is 2.94. The first-order valence-electron chi connectivity index (χ1n) is 6.07. The number of halogens is 3. The third kappa shape index (κ3) is 3.62. The zero-order chi connectivity index (χ0) is 13.8. The predicted molar refractivity (Wildman–Crippen MR) is 79.5 cm³/mol. The lowest BCUT2D eigenvalue weighted by molar-refractivity contribution is 0.628. The van der Waals surface area contributed by atoms with Gasteiger partial charge in [-0.15, -0.1) is 0 Å². The smallest absolute Gasteiger partial charge is 0.143 e. The van der Waals surface area contributed by atoms with E-state index < -0.39 is 5.82 Å². The van der Waals surface area contributed by atoms with Crippen LogP contribution in [0.25, 0.3) is 0 Å². The Hall–Kier alpha value is -1.25. The zero-order valence-corrected chi connectivity index (χ0v) is 12.0. The van der Waals surface area contributed by atoms with E-state index in [1.807, 2.05) is 24.3 Å². The topological polar surface area (TPSA) is 12.0 Å². The first-order chi connectivity index (χ1) is 9.10. The van der Waals surface area contributed by atoms with Gasteiger partial charge in [-0.3, -0.25) is 0 Å². The van der Waals surface area contributed by atoms with Crippen molar-refractivity contribution in [2.24, 2.45) is 0 Å². The van der Waals surface area contributed by atoms with Crippen LogP contribution in [-0.2, 0) is 0 Å². The average Bonchev–Trinajstić information content (AvgIpc) is 2.41. The molecule has 4 heteroatoms. The second-order valence-electron chi connectivity index (χ2n) is 4.29. The van der Waals surface area contributed by atoms with Crippen molar-refractivity contribution in [3.8, 4) is 0 Å². The molecule has 19 heavy (non-hydrogen) atoms. The Morgan fingerprint density at radius 3 is 2.37 bits per heavy atom. The van der Waals surface area contributed by atoms with Gasteiger partial charge in [0.15, 0.2) is 0 Å². The van der Waals surface area contributed by atoms with Crippen molar-refractivity contribution in [2.75, 3.05) is 5.32 Å². The Kier molecular flexibility index (Phi) is 4.67. The molecule has 0 saturated carbocycles. The van der Waals surface area contributed by atoms with Crippen LogP contribution in [0, 0.1) is 5.82 Å². The van der Waals surface area contributed by atoms with Gasteiger partial charge in [-0.2, -0.15) is 0 Å². The summed E-state index contributed by atoms with van der Waals surface area (Å²) < 4.78 is 13.4. The molecule has 0 amide bonds. The van der Waals surface area contributed by atoms with E-state index in [1.54, 1.807) is 12.1 Å². The fraction of sp³-hybridized carbons (Fsp3) is 0.200. The van der Waals surface area contributed by atoms with Crippen molar-refractivity contribution in [2.45, 2.75) is 19.4 Å². The third-order valence-corrected chi connectivity index (χ3v) is 3.50. The molecule has 0 radical (unpaired) electrons. The van der Waals surface area contributed by atoms with Crippen LogP contribution in [0.1, 0.15) is 24.9 Å². The summed E-state index contributed by atoms with van der Waals surface area (Å²) >= 11 is 11.5. The minimum Gasteiger partial charge on any atom is -0.378 e. The fourth-order valence-electron chi connectivity index (χ4n) is 1.90. The Morgan fingerprint density at radius 1 is 1.11 bits per heavy atom. The van der Waals surface area contributed by atoms with Crippen LogP contribution in [0.3, 0.4) is 0 Å². The summed E-state index contributed by atoms with van der Waals surface area (Å²) in [6.45, 7) is 2.07. The molecule has 1 unspecified atom stereocenters. The fourth-order valence-corrected chi connectivity index (χ4v) is 2.15. The highest BCUT2D eigenvalue weighted by atomic mass is 35.5. The highest BCUT2D eigenvalue weighted by Crippen LogP contribution is 2.26. The van der Waals surface area contributed by atoms with E-state index in [0.717, 1.165) is 12.0 Å². The van der Waals surface area contributed by atoms with Gasteiger partial charge in [0.25, 0.3) is 0 Å². The highest BCUT2D eigenvalue weighted by molar-refractivity contribution is 6.31. The molecule has 0 fully saturated rings. The summed E-state index contributed by atoms with van der Waals surface area (Å²) in [5.74, 6) is -0.419. The van der Waals surface area contributed by atoms with Crippen molar-refractivity contribution >= 4 is 28.9 Å². The minimum atomic E-state index is -0.419. The van der Waals surface area contributed by atoms with E-state index in [4.69, 9.17) is 23.2 Å². The van der Waals surface area contributed by atoms with E-state index in [-0.39, 0.29) is 11.1 Å². The van der Waals surface area contributed by atoms with Gasteiger partial charge in [0.05, 0.1) is 11.1 Å². The van der Waals surface area contributed by atoms with Gasteiger partial charge in [0, 0.05) is 10.7 Å². The number of benzene rings is 2. The Labute approximate surface area is 122 Å². The Balaban J connectivity index is 2.18. The summed E-state index contributed by atoms with van der Waals surface area (Å²) in [5, 5.41) is 4.13. The normalized spacial score (nSPS) is 12.2. The second-order valence-corrected chi connectivity index (χ2v) is 5.13. The molecule has 100 valence electrons. The number of anilines is 1. The summed E-state index contributed by atoms with van der Waals surface area (Å²) in [4.78, 5) is 0. The highest BCUT2D eigenvalue weighted by Gasteiger charge is 2.10. The van der Waals surface area contributed by atoms with Crippen LogP contribution in [0.2, 0.25) is 10.0 Å². The van der Waals surface area contributed by atoms with Crippen LogP contribution in [0.5, 0.6) is 0 Å². The SMILES string of the molecule is CCC(Nc1ccc(Cl)c(F)c1)c1ccc(Cl)cc1. The van der Waals surface area contributed by atoms with Crippen LogP contribution in [0.15, 0.2) is 42.5 Å². The summed E-state index contributed by atoms with van der Waals surface area (Å²) in [6, 6.07) is 12.5. The number of hydrogen-bond acceptors (Lipinski definition) is 1. The molecule has 1 atom stereocenters. The maximum Gasteiger partial charge on any atom is 0.143 e. The van der Waals surface area contributed by atoms with E-state index in [2.05, 4.69) is 12.2 Å². The van der Waals surface area contributed by atoms with E-state index in [1.165, 1.54) is 6.07 Å². The molecular formula is C15H14Cl2FN. The van der Waals surface area contributed by atoms with Crippen molar-refractivity contribution in [1.29, 1.82) is 0 Å². The van der Waals surface area contributed by atoms with Gasteiger partial charge >= 0.3 is 0 Å². The lowest BCUT2D eigenvalue weighted by Crippen LogP contribution is -2.09. The van der Waals surface area contributed by atoms with Gasteiger partial charge in [0.2, 0.25) is 0 Å². The van der Waals surface area contributed by atoms with Gasteiger partial charge in [-0.1, -0.05) is 42.3 Å². The molecule has 0 aliphatic heterocycles. The Bertz CT molecular complexity index is 555. The molecule has 0 aliphatic rings. The Morgan fingerprint density at radius 2 is 1.79 bits per heavy atom. The van der Waals surface area contributed by atoms with E-state index >= 15 is 0 Å². The minimum absolute atomic E-state index is 0.109. The lowest BCUT2D eigenvalue weighted by atomic mass is 10.0. The van der Waals surface area contributed by atoms with Crippen molar-refractivity contribution in [3.05, 3.63) is 63.9 Å². The van der Waals surface area contributed by atoms with Gasteiger partial charge in [-0.05, 0) is 42.3 Å². The van der Waals surface area contributed by atoms with Crippen LogP contribution in [0.4, 0.5) is 10.1 Å². The standard InChI is InChI=1S/C15H14Cl2FN/c1-2-15(10-3-5-11(16)6-4-10)19-12-7-8-13(17)14(18)9-12/h3-9,15,19H,2H2,1H3. The number of nitrogens with one attached hydrogen (secondary N) is 1. The molecule has 2 aromatic carbocycles. The van der Waals surface area contributed by atoms with Gasteiger partial charge in [-0.25, -0.2) is 4.39 Å². The molecule has 0 aliphatic carbocycles. The van der Waals surface area contributed by atoms with Crippen molar-refractivity contribution in [3.63, 3.8) is 0 Å². The quantitative estimate of drug-likeness (QED) is 0.764. The van der Waals surface area contributed by atoms with Gasteiger partial charge < -0.3 is 5.32 Å². The summed E-state index contributed by atoms with van der Waals surface area (Å²) in [5.41, 5.74) is 1.82. The second kappa shape index (κ2) is 6.27. The van der Waals surface area contributed by atoms with Crippen LogP contribution in [-0.4, -0.2) is 0 Å². The molecule has 0 heterocycles. The molecule has 1 N–H and O–H groups in total. The molecule has 1 nitrogen and oxygen atoms in total. The first kappa shape index (κ1) is 14.2. The molecular weight excluding hydrogens is 284 g/mol. The molecule has 0 saturated heterocycles. The summed E-state index contributed by atoms with van der Waals surface area (Å²) in [7, 11) is 0. The monoisotopic (exact) mass is 297 g/mol. The van der Waals surface area contributed by atoms with Crippen molar-refractivity contribution in [1.82, 2.24) is 0 Å². The van der Waals surface area contributed by atoms with Crippen LogP contribution < -0.4 is 5.32 Å². The lowest BCUT2D eigenvalue weighted by Gasteiger charge is -2.19. The average molecular weight is 298 g/mol. The number of hydrogen-bond donors (Lipinski definition) is 1.